The van der Waals surface area contributed by atoms with Gasteiger partial charge in [-0.15, -0.1) is 0 Å². The van der Waals surface area contributed by atoms with Crippen LogP contribution >= 0.6 is 23.2 Å². The molecule has 0 saturated carbocycles. The molecule has 0 aliphatic carbocycles. The largest absolute Gasteiger partial charge is 0.377 e. The average molecular weight is 309 g/mol. The summed E-state index contributed by atoms with van der Waals surface area (Å²) in [7, 11) is 0. The molecular weight excluding hydrogens is 298 g/mol. The summed E-state index contributed by atoms with van der Waals surface area (Å²) < 4.78 is 13.5. The molecule has 1 atom stereocenters. The molecule has 0 aliphatic rings. The van der Waals surface area contributed by atoms with Crippen LogP contribution in [0.25, 0.3) is 0 Å². The van der Waals surface area contributed by atoms with Gasteiger partial charge in [-0.05, 0) is 42.8 Å². The second-order valence-corrected chi connectivity index (χ2v) is 5.15. The first-order chi connectivity index (χ1) is 9.52. The van der Waals surface area contributed by atoms with E-state index in [9.17, 15) is 4.39 Å². The smallest absolute Gasteiger partial charge is 0.143 e. The van der Waals surface area contributed by atoms with Gasteiger partial charge in [-0.1, -0.05) is 29.3 Å². The predicted octanol–water partition coefficient (Wildman–Crippen LogP) is 5.18. The zero-order valence-corrected chi connectivity index (χ0v) is 12.1. The number of anilines is 1. The van der Waals surface area contributed by atoms with E-state index in [4.69, 9.17) is 28.5 Å². The maximum atomic E-state index is 13.5. The maximum Gasteiger partial charge on any atom is 0.143 e. The fraction of sp³-hybridized carbons (Fsp3) is 0.133. The van der Waals surface area contributed by atoms with Crippen molar-refractivity contribution in [2.75, 3.05) is 5.32 Å². The summed E-state index contributed by atoms with van der Waals surface area (Å²) in [6.45, 7) is 1.86. The van der Waals surface area contributed by atoms with Crippen LogP contribution in [-0.2, 0) is 0 Å². The molecule has 0 aromatic heterocycles. The number of benzene rings is 2. The molecule has 2 nitrogen and oxygen atoms in total. The summed E-state index contributed by atoms with van der Waals surface area (Å²) in [5.74, 6) is -0.554. The van der Waals surface area contributed by atoms with Gasteiger partial charge in [-0.25, -0.2) is 4.39 Å². The lowest BCUT2D eigenvalue weighted by molar-refractivity contribution is 0.624. The van der Waals surface area contributed by atoms with E-state index in [2.05, 4.69) is 5.32 Å². The summed E-state index contributed by atoms with van der Waals surface area (Å²) in [6, 6.07) is 11.2. The highest BCUT2D eigenvalue weighted by molar-refractivity contribution is 6.33. The molecule has 0 fully saturated rings. The summed E-state index contributed by atoms with van der Waals surface area (Å²) in [5.41, 5.74) is 1.20. The zero-order valence-electron chi connectivity index (χ0n) is 10.6. The van der Waals surface area contributed by atoms with Crippen LogP contribution in [0.5, 0.6) is 0 Å². The summed E-state index contributed by atoms with van der Waals surface area (Å²) in [4.78, 5) is 0. The number of hydrogen-bond acceptors (Lipinski definition) is 2. The van der Waals surface area contributed by atoms with Crippen LogP contribution in [0.1, 0.15) is 24.1 Å². The first kappa shape index (κ1) is 14.6. The SMILES string of the molecule is CC(Nc1cccc(F)c1C#N)c1cc(Cl)ccc1Cl. The van der Waals surface area contributed by atoms with Crippen LogP contribution in [0.4, 0.5) is 10.1 Å². The minimum atomic E-state index is -0.554. The van der Waals surface area contributed by atoms with Crippen LogP contribution < -0.4 is 5.32 Å². The van der Waals surface area contributed by atoms with Crippen molar-refractivity contribution in [1.29, 1.82) is 5.26 Å². The van der Waals surface area contributed by atoms with E-state index >= 15 is 0 Å². The van der Waals surface area contributed by atoms with Gasteiger partial charge in [0.1, 0.15) is 17.4 Å². The van der Waals surface area contributed by atoms with E-state index in [0.29, 0.717) is 15.7 Å². The molecule has 0 heterocycles. The lowest BCUT2D eigenvalue weighted by Crippen LogP contribution is -2.09. The third-order valence-electron chi connectivity index (χ3n) is 2.92. The molecule has 0 saturated heterocycles. The number of rotatable bonds is 3. The molecule has 1 unspecified atom stereocenters. The third-order valence-corrected chi connectivity index (χ3v) is 3.50. The van der Waals surface area contributed by atoms with Gasteiger partial charge < -0.3 is 5.32 Å². The van der Waals surface area contributed by atoms with Crippen molar-refractivity contribution in [2.45, 2.75) is 13.0 Å². The second-order valence-electron chi connectivity index (χ2n) is 4.31. The Morgan fingerprint density at radius 1 is 1.25 bits per heavy atom. The molecule has 102 valence electrons. The van der Waals surface area contributed by atoms with Crippen molar-refractivity contribution in [2.24, 2.45) is 0 Å². The van der Waals surface area contributed by atoms with Crippen molar-refractivity contribution in [1.82, 2.24) is 0 Å². The Morgan fingerprint density at radius 3 is 2.70 bits per heavy atom. The minimum Gasteiger partial charge on any atom is -0.377 e. The van der Waals surface area contributed by atoms with Crippen LogP contribution in [0.3, 0.4) is 0 Å². The Bertz CT molecular complexity index is 680. The van der Waals surface area contributed by atoms with Crippen molar-refractivity contribution in [3.05, 3.63) is 63.4 Å². The van der Waals surface area contributed by atoms with Gasteiger partial charge in [0, 0.05) is 10.0 Å². The Kier molecular flexibility index (Phi) is 4.49. The molecule has 0 radical (unpaired) electrons. The highest BCUT2D eigenvalue weighted by Crippen LogP contribution is 2.30. The number of hydrogen-bond donors (Lipinski definition) is 1. The standard InChI is InChI=1S/C15H11Cl2FN2/c1-9(11-7-10(16)5-6-13(11)17)20-15-4-2-3-14(18)12(15)8-19/h2-7,9,20H,1H3. The Hall–Kier alpha value is -1.76. The number of nitriles is 1. The molecule has 2 aromatic rings. The predicted molar refractivity (Wildman–Crippen MR) is 79.6 cm³/mol. The normalized spacial score (nSPS) is 11.8. The summed E-state index contributed by atoms with van der Waals surface area (Å²) in [6.07, 6.45) is 0. The highest BCUT2D eigenvalue weighted by Gasteiger charge is 2.14. The number of nitrogens with one attached hydrogen (secondary N) is 1. The van der Waals surface area contributed by atoms with Gasteiger partial charge in [0.25, 0.3) is 0 Å². The highest BCUT2D eigenvalue weighted by atomic mass is 35.5. The van der Waals surface area contributed by atoms with E-state index < -0.39 is 5.82 Å². The van der Waals surface area contributed by atoms with Gasteiger partial charge in [-0.2, -0.15) is 5.26 Å². The summed E-state index contributed by atoms with van der Waals surface area (Å²) >= 11 is 12.1. The van der Waals surface area contributed by atoms with Crippen molar-refractivity contribution in [3.8, 4) is 6.07 Å². The lowest BCUT2D eigenvalue weighted by atomic mass is 10.1. The van der Waals surface area contributed by atoms with E-state index in [1.807, 2.05) is 13.0 Å². The van der Waals surface area contributed by atoms with Gasteiger partial charge in [0.2, 0.25) is 0 Å². The third kappa shape index (κ3) is 3.04. The van der Waals surface area contributed by atoms with Crippen LogP contribution in [0.15, 0.2) is 36.4 Å². The van der Waals surface area contributed by atoms with E-state index in [0.717, 1.165) is 5.56 Å². The van der Waals surface area contributed by atoms with Crippen molar-refractivity contribution < 1.29 is 4.39 Å². The molecule has 2 aromatic carbocycles. The first-order valence-electron chi connectivity index (χ1n) is 5.93. The van der Waals surface area contributed by atoms with Gasteiger partial charge in [0.15, 0.2) is 0 Å². The Balaban J connectivity index is 2.33. The number of nitrogens with zero attached hydrogens (tertiary/aromatic N) is 1. The second kappa shape index (κ2) is 6.13. The van der Waals surface area contributed by atoms with Crippen LogP contribution in [0, 0.1) is 17.1 Å². The van der Waals surface area contributed by atoms with E-state index in [1.54, 1.807) is 30.3 Å². The molecule has 0 amide bonds. The molecule has 0 aliphatic heterocycles. The van der Waals surface area contributed by atoms with Crippen molar-refractivity contribution in [3.63, 3.8) is 0 Å². The molecule has 1 N–H and O–H groups in total. The van der Waals surface area contributed by atoms with Gasteiger partial charge in [0.05, 0.1) is 11.7 Å². The molecule has 0 bridgehead atoms. The van der Waals surface area contributed by atoms with Crippen molar-refractivity contribution >= 4 is 28.9 Å². The Labute approximate surface area is 126 Å². The van der Waals surface area contributed by atoms with E-state index in [1.165, 1.54) is 6.07 Å². The fourth-order valence-electron chi connectivity index (χ4n) is 1.92. The monoisotopic (exact) mass is 308 g/mol. The van der Waals surface area contributed by atoms with Crippen LogP contribution in [0.2, 0.25) is 10.0 Å². The first-order valence-corrected chi connectivity index (χ1v) is 6.68. The molecule has 2 rings (SSSR count). The fourth-order valence-corrected chi connectivity index (χ4v) is 2.38. The van der Waals surface area contributed by atoms with Crippen LogP contribution in [-0.4, -0.2) is 0 Å². The maximum absolute atomic E-state index is 13.5. The minimum absolute atomic E-state index is 0.0162. The number of halogens is 3. The average Bonchev–Trinajstić information content (AvgIpc) is 2.41. The molecule has 20 heavy (non-hydrogen) atoms. The Morgan fingerprint density at radius 2 is 2.00 bits per heavy atom. The molecule has 0 spiro atoms. The molecule has 5 heteroatoms. The topological polar surface area (TPSA) is 35.8 Å². The summed E-state index contributed by atoms with van der Waals surface area (Å²) in [5, 5.41) is 13.2. The van der Waals surface area contributed by atoms with Gasteiger partial charge >= 0.3 is 0 Å². The van der Waals surface area contributed by atoms with Gasteiger partial charge in [-0.3, -0.25) is 0 Å². The quantitative estimate of drug-likeness (QED) is 0.848. The zero-order chi connectivity index (χ0) is 14.7. The lowest BCUT2D eigenvalue weighted by Gasteiger charge is -2.18. The molecular formula is C15H11Cl2FN2. The van der Waals surface area contributed by atoms with E-state index in [-0.39, 0.29) is 11.6 Å².